The van der Waals surface area contributed by atoms with Gasteiger partial charge in [-0.15, -0.1) is 5.10 Å². The van der Waals surface area contributed by atoms with Gasteiger partial charge in [-0.05, 0) is 88.5 Å². The van der Waals surface area contributed by atoms with Crippen LogP contribution in [-0.4, -0.2) is 69.6 Å². The van der Waals surface area contributed by atoms with Gasteiger partial charge in [0.2, 0.25) is 0 Å². The number of hydrogen-bond acceptors (Lipinski definition) is 8. The number of amides is 1. The summed E-state index contributed by atoms with van der Waals surface area (Å²) in [5.41, 5.74) is 10.2. The number of nitrogen functional groups attached to an aromatic ring is 1. The summed E-state index contributed by atoms with van der Waals surface area (Å²) in [6.07, 6.45) is 11.9. The molecule has 1 saturated heterocycles. The first-order valence-electron chi connectivity index (χ1n) is 16.4. The maximum atomic E-state index is 14.3. The van der Waals surface area contributed by atoms with E-state index in [4.69, 9.17) is 20.2 Å². The number of rotatable bonds is 8. The Kier molecular flexibility index (Phi) is 6.83. The molecule has 3 aliphatic carbocycles. The normalized spacial score (nSPS) is 23.9. The first-order chi connectivity index (χ1) is 22.4. The number of fused-ring (bicyclic) bond motifs is 2. The van der Waals surface area contributed by atoms with Gasteiger partial charge in [-0.3, -0.25) is 0 Å². The topological polar surface area (TPSA) is 131 Å². The van der Waals surface area contributed by atoms with Crippen LogP contribution in [0.4, 0.5) is 14.9 Å². The standard InChI is InChI=1S/C34H40FN9O3/c1-32(2,3)47-31(45)42(21-33-18-34(35,19-33)20-33)14-22-7-8-29-38-24(15-41(29)13-22)16-43-17-27(39-40-43)25-10-23(36)11-28-26(25)12-37-44(28)30-6-4-5-9-46-30/h7-8,10-13,15,17,30H,4-6,9,14,16,18-21,36H2,1-3H3. The Hall–Kier alpha value is -4.52. The summed E-state index contributed by atoms with van der Waals surface area (Å²) in [7, 11) is 0. The molecular weight excluding hydrogens is 601 g/mol. The van der Waals surface area contributed by atoms with Crippen molar-refractivity contribution in [2.45, 2.75) is 89.9 Å². The SMILES string of the molecule is CC(C)(C)OC(=O)N(Cc1ccc2nc(Cn3cc(-c4cc(N)cc5c4cnn5C4CCCCO4)nn3)cn2c1)CC12CC(F)(C1)C2. The van der Waals surface area contributed by atoms with Crippen molar-refractivity contribution in [1.82, 2.24) is 39.1 Å². The van der Waals surface area contributed by atoms with Crippen LogP contribution >= 0.6 is 0 Å². The predicted octanol–water partition coefficient (Wildman–Crippen LogP) is 5.90. The minimum atomic E-state index is -1.02. The van der Waals surface area contributed by atoms with Crippen molar-refractivity contribution in [3.63, 3.8) is 0 Å². The summed E-state index contributed by atoms with van der Waals surface area (Å²) in [6.45, 7) is 7.57. The van der Waals surface area contributed by atoms with E-state index in [-0.39, 0.29) is 17.7 Å². The van der Waals surface area contributed by atoms with E-state index in [0.717, 1.165) is 59.2 Å². The maximum Gasteiger partial charge on any atom is 0.410 e. The van der Waals surface area contributed by atoms with Gasteiger partial charge in [0.15, 0.2) is 6.23 Å². The number of carbonyl (C=O) groups excluding carboxylic acids is 1. The van der Waals surface area contributed by atoms with E-state index < -0.39 is 11.3 Å². The van der Waals surface area contributed by atoms with Gasteiger partial charge in [0.25, 0.3) is 0 Å². The monoisotopic (exact) mass is 641 g/mol. The number of hydrogen-bond donors (Lipinski definition) is 1. The highest BCUT2D eigenvalue weighted by Crippen LogP contribution is 2.69. The number of aromatic nitrogens is 7. The molecule has 1 atom stereocenters. The maximum absolute atomic E-state index is 14.3. The summed E-state index contributed by atoms with van der Waals surface area (Å²) < 4.78 is 31.6. The minimum absolute atomic E-state index is 0.0978. The lowest BCUT2D eigenvalue weighted by molar-refractivity contribution is -0.220. The fraction of sp³-hybridized carbons (Fsp3) is 0.500. The minimum Gasteiger partial charge on any atom is -0.444 e. The second-order valence-electron chi connectivity index (χ2n) is 14.8. The Balaban J connectivity index is 0.999. The number of ether oxygens (including phenoxy) is 2. The molecule has 1 aliphatic heterocycles. The largest absolute Gasteiger partial charge is 0.444 e. The number of imidazole rings is 1. The van der Waals surface area contributed by atoms with Crippen LogP contribution in [-0.2, 0) is 22.6 Å². The average molecular weight is 642 g/mol. The fourth-order valence-corrected chi connectivity index (χ4v) is 7.62. The van der Waals surface area contributed by atoms with Gasteiger partial charge in [-0.1, -0.05) is 11.3 Å². The number of pyridine rings is 1. The Bertz CT molecular complexity index is 1960. The zero-order valence-electron chi connectivity index (χ0n) is 27.0. The highest BCUT2D eigenvalue weighted by molar-refractivity contribution is 5.96. The lowest BCUT2D eigenvalue weighted by Crippen LogP contribution is -2.68. The van der Waals surface area contributed by atoms with E-state index in [2.05, 4.69) is 15.4 Å². The smallest absolute Gasteiger partial charge is 0.410 e. The molecule has 246 valence electrons. The van der Waals surface area contributed by atoms with Gasteiger partial charge in [0.05, 0.1) is 36.7 Å². The molecule has 0 radical (unpaired) electrons. The van der Waals surface area contributed by atoms with E-state index in [1.165, 1.54) is 0 Å². The first kappa shape index (κ1) is 29.9. The molecule has 4 aliphatic rings. The molecule has 2 N–H and O–H groups in total. The van der Waals surface area contributed by atoms with Crippen LogP contribution < -0.4 is 5.73 Å². The van der Waals surface area contributed by atoms with Crippen LogP contribution in [0.15, 0.2) is 49.1 Å². The summed E-state index contributed by atoms with van der Waals surface area (Å²) >= 11 is 0. The Morgan fingerprint density at radius 2 is 2.00 bits per heavy atom. The lowest BCUT2D eigenvalue weighted by atomic mass is 9.42. The van der Waals surface area contributed by atoms with Crippen LogP contribution in [0.3, 0.4) is 0 Å². The van der Waals surface area contributed by atoms with Crippen molar-refractivity contribution in [2.24, 2.45) is 5.41 Å². The number of halogens is 1. The number of alkyl halides is 1. The number of carbonyl (C=O) groups is 1. The van der Waals surface area contributed by atoms with E-state index in [1.807, 2.05) is 78.9 Å². The summed E-state index contributed by atoms with van der Waals surface area (Å²) in [5.74, 6) is 0. The summed E-state index contributed by atoms with van der Waals surface area (Å²) in [4.78, 5) is 19.7. The molecule has 4 aromatic heterocycles. The second kappa shape index (κ2) is 10.8. The first-order valence-corrected chi connectivity index (χ1v) is 16.4. The highest BCUT2D eigenvalue weighted by Gasteiger charge is 2.69. The number of nitrogens with zero attached hydrogens (tertiary/aromatic N) is 8. The Morgan fingerprint density at radius 3 is 2.74 bits per heavy atom. The van der Waals surface area contributed by atoms with Crippen LogP contribution in [0.5, 0.6) is 0 Å². The molecule has 1 aromatic carbocycles. The Morgan fingerprint density at radius 1 is 1.17 bits per heavy atom. The van der Waals surface area contributed by atoms with Gasteiger partial charge >= 0.3 is 6.09 Å². The Labute approximate surface area is 271 Å². The van der Waals surface area contributed by atoms with Crippen molar-refractivity contribution in [2.75, 3.05) is 18.9 Å². The van der Waals surface area contributed by atoms with Crippen LogP contribution in [0.25, 0.3) is 27.8 Å². The lowest BCUT2D eigenvalue weighted by Gasteiger charge is -2.66. The van der Waals surface area contributed by atoms with Crippen molar-refractivity contribution >= 4 is 28.3 Å². The quantitative estimate of drug-likeness (QED) is 0.207. The predicted molar refractivity (Wildman–Crippen MR) is 173 cm³/mol. The fourth-order valence-electron chi connectivity index (χ4n) is 7.62. The number of nitrogens with two attached hydrogens (primary N) is 1. The molecule has 9 rings (SSSR count). The van der Waals surface area contributed by atoms with Gasteiger partial charge in [-0.2, -0.15) is 5.10 Å². The van der Waals surface area contributed by atoms with Crippen molar-refractivity contribution < 1.29 is 18.7 Å². The molecule has 47 heavy (non-hydrogen) atoms. The zero-order valence-corrected chi connectivity index (χ0v) is 27.0. The molecule has 5 heterocycles. The van der Waals surface area contributed by atoms with E-state index in [1.54, 1.807) is 9.58 Å². The average Bonchev–Trinajstić information content (AvgIpc) is 3.73. The van der Waals surface area contributed by atoms with Crippen molar-refractivity contribution in [1.29, 1.82) is 0 Å². The van der Waals surface area contributed by atoms with Gasteiger partial charge in [-0.25, -0.2) is 23.5 Å². The molecular formula is C34H40FN9O3. The van der Waals surface area contributed by atoms with E-state index in [9.17, 15) is 9.18 Å². The number of benzene rings is 1. The summed E-state index contributed by atoms with van der Waals surface area (Å²) in [6, 6.07) is 7.74. The molecule has 1 amide bonds. The third-order valence-corrected chi connectivity index (χ3v) is 9.49. The van der Waals surface area contributed by atoms with Gasteiger partial charge in [0.1, 0.15) is 22.6 Å². The van der Waals surface area contributed by atoms with E-state index >= 15 is 0 Å². The molecule has 12 nitrogen and oxygen atoms in total. The van der Waals surface area contributed by atoms with Crippen molar-refractivity contribution in [3.8, 4) is 11.3 Å². The third-order valence-electron chi connectivity index (χ3n) is 9.49. The van der Waals surface area contributed by atoms with Gasteiger partial charge in [0, 0.05) is 42.2 Å². The second-order valence-corrected chi connectivity index (χ2v) is 14.8. The van der Waals surface area contributed by atoms with Crippen LogP contribution in [0.1, 0.15) is 76.8 Å². The molecule has 0 spiro atoms. The molecule has 4 fully saturated rings. The third kappa shape index (κ3) is 5.70. The molecule has 2 bridgehead atoms. The molecule has 13 heteroatoms. The van der Waals surface area contributed by atoms with Crippen LogP contribution in [0, 0.1) is 5.41 Å². The molecule has 3 saturated carbocycles. The van der Waals surface area contributed by atoms with Gasteiger partial charge < -0.3 is 24.5 Å². The number of anilines is 1. The van der Waals surface area contributed by atoms with E-state index in [0.29, 0.717) is 50.3 Å². The highest BCUT2D eigenvalue weighted by atomic mass is 19.1. The molecule has 1 unspecified atom stereocenters. The zero-order chi connectivity index (χ0) is 32.6. The summed E-state index contributed by atoms with van der Waals surface area (Å²) in [5, 5.41) is 14.5. The van der Waals surface area contributed by atoms with Crippen LogP contribution in [0.2, 0.25) is 0 Å². The molecule has 5 aromatic rings. The van der Waals surface area contributed by atoms with Crippen molar-refractivity contribution in [3.05, 3.63) is 60.3 Å².